The fourth-order valence-electron chi connectivity index (χ4n) is 3.39. The molecule has 5 heteroatoms. The van der Waals surface area contributed by atoms with E-state index in [1.54, 1.807) is 11.8 Å². The lowest BCUT2D eigenvalue weighted by Crippen LogP contribution is -2.39. The Morgan fingerprint density at radius 2 is 2.00 bits per heavy atom. The van der Waals surface area contributed by atoms with Crippen LogP contribution in [0.4, 0.5) is 0 Å². The number of nitrogens with zero attached hydrogens (tertiary/aromatic N) is 3. The van der Waals surface area contributed by atoms with Crippen molar-refractivity contribution in [3.63, 3.8) is 0 Å². The molecule has 2 heterocycles. The van der Waals surface area contributed by atoms with Crippen molar-refractivity contribution in [2.45, 2.75) is 44.0 Å². The first-order valence-corrected chi connectivity index (χ1v) is 10.2. The Labute approximate surface area is 154 Å². The number of hydrogen-bond donors (Lipinski definition) is 0. The molecule has 0 radical (unpaired) electrons. The van der Waals surface area contributed by atoms with Crippen LogP contribution >= 0.6 is 11.8 Å². The number of aromatic nitrogens is 2. The normalized spacial score (nSPS) is 15.5. The fraction of sp³-hybridized carbons (Fsp3) is 0.500. The Morgan fingerprint density at radius 3 is 2.72 bits per heavy atom. The van der Waals surface area contributed by atoms with E-state index < -0.39 is 0 Å². The van der Waals surface area contributed by atoms with Crippen LogP contribution in [0.15, 0.2) is 47.6 Å². The van der Waals surface area contributed by atoms with Crippen molar-refractivity contribution in [1.82, 2.24) is 14.5 Å². The summed E-state index contributed by atoms with van der Waals surface area (Å²) >= 11 is 1.76. The lowest BCUT2D eigenvalue weighted by Gasteiger charge is -2.32. The van der Waals surface area contributed by atoms with Gasteiger partial charge >= 0.3 is 0 Å². The Hall–Kier alpha value is -1.75. The molecule has 0 atom stereocenters. The van der Waals surface area contributed by atoms with Crippen LogP contribution in [-0.2, 0) is 17.8 Å². The smallest absolute Gasteiger partial charge is 0.223 e. The molecule has 1 aromatic carbocycles. The molecule has 3 rings (SSSR count). The Balaban J connectivity index is 1.39. The summed E-state index contributed by atoms with van der Waals surface area (Å²) in [5, 5.41) is 0. The third kappa shape index (κ3) is 5.11. The molecular weight excluding hydrogens is 330 g/mol. The molecule has 0 aliphatic carbocycles. The molecular formula is C20H27N3OS. The van der Waals surface area contributed by atoms with Crippen LogP contribution in [0.5, 0.6) is 0 Å². The first kappa shape index (κ1) is 18.1. The van der Waals surface area contributed by atoms with E-state index in [0.717, 1.165) is 50.5 Å². The Kier molecular flexibility index (Phi) is 6.56. The maximum absolute atomic E-state index is 12.4. The average molecular weight is 358 g/mol. The monoisotopic (exact) mass is 357 g/mol. The highest BCUT2D eigenvalue weighted by atomic mass is 32.2. The minimum Gasteiger partial charge on any atom is -0.343 e. The largest absolute Gasteiger partial charge is 0.343 e. The summed E-state index contributed by atoms with van der Waals surface area (Å²) in [6.45, 7) is 4.98. The molecule has 25 heavy (non-hydrogen) atoms. The highest BCUT2D eigenvalue weighted by Crippen LogP contribution is 2.22. The molecule has 4 nitrogen and oxygen atoms in total. The lowest BCUT2D eigenvalue weighted by atomic mass is 9.96. The van der Waals surface area contributed by atoms with Gasteiger partial charge in [-0.1, -0.05) is 25.1 Å². The number of thioether (sulfide) groups is 1. The predicted molar refractivity (Wildman–Crippen MR) is 103 cm³/mol. The van der Waals surface area contributed by atoms with Gasteiger partial charge in [-0.15, -0.1) is 11.8 Å². The second-order valence-electron chi connectivity index (χ2n) is 6.59. The molecule has 2 aromatic rings. The van der Waals surface area contributed by atoms with Gasteiger partial charge in [0.15, 0.2) is 0 Å². The standard InChI is InChI=1S/C20H27N3OS/c1-2-19-21-11-14-23(19)16-17-8-12-22(13-9-17)20(24)10-15-25-18-6-4-3-5-7-18/h3-7,11,14,17H,2,8-10,12-13,15-16H2,1H3. The van der Waals surface area contributed by atoms with E-state index >= 15 is 0 Å². The topological polar surface area (TPSA) is 38.1 Å². The predicted octanol–water partition coefficient (Wildman–Crippen LogP) is 3.87. The summed E-state index contributed by atoms with van der Waals surface area (Å²) in [5.41, 5.74) is 0. The maximum Gasteiger partial charge on any atom is 0.223 e. The zero-order valence-corrected chi connectivity index (χ0v) is 15.8. The van der Waals surface area contributed by atoms with Gasteiger partial charge in [0.05, 0.1) is 0 Å². The highest BCUT2D eigenvalue weighted by Gasteiger charge is 2.23. The number of imidazole rings is 1. The first-order valence-electron chi connectivity index (χ1n) is 9.22. The molecule has 0 unspecified atom stereocenters. The van der Waals surface area contributed by atoms with Gasteiger partial charge in [0.1, 0.15) is 5.82 Å². The summed E-state index contributed by atoms with van der Waals surface area (Å²) < 4.78 is 2.28. The van der Waals surface area contributed by atoms with Gasteiger partial charge in [0.2, 0.25) is 5.91 Å². The van der Waals surface area contributed by atoms with Gasteiger partial charge in [-0.05, 0) is 30.9 Å². The lowest BCUT2D eigenvalue weighted by molar-refractivity contribution is -0.132. The van der Waals surface area contributed by atoms with Crippen LogP contribution in [-0.4, -0.2) is 39.2 Å². The van der Waals surface area contributed by atoms with Crippen LogP contribution in [0.1, 0.15) is 32.0 Å². The molecule has 134 valence electrons. The Morgan fingerprint density at radius 1 is 1.24 bits per heavy atom. The van der Waals surface area contributed by atoms with E-state index in [4.69, 9.17) is 0 Å². The summed E-state index contributed by atoms with van der Waals surface area (Å²) in [7, 11) is 0. The molecule has 0 spiro atoms. The van der Waals surface area contributed by atoms with Crippen molar-refractivity contribution in [2.75, 3.05) is 18.8 Å². The van der Waals surface area contributed by atoms with E-state index in [0.29, 0.717) is 18.2 Å². The van der Waals surface area contributed by atoms with Crippen LogP contribution in [0.2, 0.25) is 0 Å². The average Bonchev–Trinajstić information content (AvgIpc) is 3.10. The number of carbonyl (C=O) groups is 1. The van der Waals surface area contributed by atoms with E-state index in [-0.39, 0.29) is 0 Å². The number of aryl methyl sites for hydroxylation is 1. The summed E-state index contributed by atoms with van der Waals surface area (Å²) in [6, 6.07) is 10.3. The number of hydrogen-bond acceptors (Lipinski definition) is 3. The van der Waals surface area contributed by atoms with Gasteiger partial charge in [-0.25, -0.2) is 4.98 Å². The molecule has 1 aromatic heterocycles. The van der Waals surface area contributed by atoms with E-state index in [9.17, 15) is 4.79 Å². The zero-order chi connectivity index (χ0) is 17.5. The van der Waals surface area contributed by atoms with Gasteiger partial charge in [0, 0.05) is 55.5 Å². The summed E-state index contributed by atoms with van der Waals surface area (Å²) in [5.74, 6) is 2.98. The maximum atomic E-state index is 12.4. The minimum absolute atomic E-state index is 0.304. The second kappa shape index (κ2) is 9.09. The van der Waals surface area contributed by atoms with E-state index in [1.165, 1.54) is 4.90 Å². The van der Waals surface area contributed by atoms with E-state index in [1.807, 2.05) is 24.4 Å². The van der Waals surface area contributed by atoms with Gasteiger partial charge in [-0.3, -0.25) is 4.79 Å². The van der Waals surface area contributed by atoms with Gasteiger partial charge in [0.25, 0.3) is 0 Å². The quantitative estimate of drug-likeness (QED) is 0.706. The van der Waals surface area contributed by atoms with Crippen LogP contribution in [0.25, 0.3) is 0 Å². The molecule has 1 saturated heterocycles. The number of benzene rings is 1. The molecule has 1 amide bonds. The number of amides is 1. The Bertz CT molecular complexity index is 663. The SMILES string of the molecule is CCc1nccn1CC1CCN(C(=O)CCSc2ccccc2)CC1. The third-order valence-electron chi connectivity index (χ3n) is 4.87. The van der Waals surface area contributed by atoms with Crippen molar-refractivity contribution in [3.8, 4) is 0 Å². The van der Waals surface area contributed by atoms with Crippen molar-refractivity contribution in [2.24, 2.45) is 5.92 Å². The number of likely N-dealkylation sites (tertiary alicyclic amines) is 1. The van der Waals surface area contributed by atoms with Gasteiger partial charge in [-0.2, -0.15) is 0 Å². The van der Waals surface area contributed by atoms with Crippen LogP contribution in [0, 0.1) is 5.92 Å². The minimum atomic E-state index is 0.304. The molecule has 1 fully saturated rings. The van der Waals surface area contributed by atoms with Gasteiger partial charge < -0.3 is 9.47 Å². The molecule has 0 N–H and O–H groups in total. The zero-order valence-electron chi connectivity index (χ0n) is 14.9. The summed E-state index contributed by atoms with van der Waals surface area (Å²) in [4.78, 5) is 20.1. The molecule has 0 saturated carbocycles. The fourth-order valence-corrected chi connectivity index (χ4v) is 4.26. The first-order chi connectivity index (χ1) is 12.3. The van der Waals surface area contributed by atoms with Crippen molar-refractivity contribution < 1.29 is 4.79 Å². The molecule has 0 bridgehead atoms. The highest BCUT2D eigenvalue weighted by molar-refractivity contribution is 7.99. The molecule has 1 aliphatic heterocycles. The number of rotatable bonds is 7. The van der Waals surface area contributed by atoms with E-state index in [2.05, 4.69) is 39.7 Å². The van der Waals surface area contributed by atoms with Crippen molar-refractivity contribution >= 4 is 17.7 Å². The number of carbonyl (C=O) groups excluding carboxylic acids is 1. The second-order valence-corrected chi connectivity index (χ2v) is 7.75. The van der Waals surface area contributed by atoms with Crippen molar-refractivity contribution in [3.05, 3.63) is 48.5 Å². The van der Waals surface area contributed by atoms with Crippen LogP contribution in [0.3, 0.4) is 0 Å². The van der Waals surface area contributed by atoms with Crippen LogP contribution < -0.4 is 0 Å². The summed E-state index contributed by atoms with van der Waals surface area (Å²) in [6.07, 6.45) is 7.77. The van der Waals surface area contributed by atoms with Crippen molar-refractivity contribution in [1.29, 1.82) is 0 Å². The molecule has 1 aliphatic rings. The third-order valence-corrected chi connectivity index (χ3v) is 5.88. The number of piperidine rings is 1.